The van der Waals surface area contributed by atoms with Crippen molar-refractivity contribution in [3.05, 3.63) is 56.8 Å². The van der Waals surface area contributed by atoms with Crippen molar-refractivity contribution in [2.24, 2.45) is 4.99 Å². The summed E-state index contributed by atoms with van der Waals surface area (Å²) in [6.45, 7) is 1.85. The van der Waals surface area contributed by atoms with Crippen LogP contribution in [0.1, 0.15) is 11.5 Å². The van der Waals surface area contributed by atoms with Gasteiger partial charge in [0.15, 0.2) is 5.17 Å². The fraction of sp³-hybridized carbons (Fsp3) is 0.0667. The van der Waals surface area contributed by atoms with Crippen molar-refractivity contribution < 1.29 is 9.21 Å². The number of aliphatic imine (C=N–C) groups is 1. The van der Waals surface area contributed by atoms with Gasteiger partial charge < -0.3 is 9.73 Å². The van der Waals surface area contributed by atoms with Crippen LogP contribution in [0.2, 0.25) is 10.0 Å². The largest absolute Gasteiger partial charge is 0.462 e. The maximum absolute atomic E-state index is 11.9. The average molecular weight is 353 g/mol. The third-order valence-corrected chi connectivity index (χ3v) is 4.26. The monoisotopic (exact) mass is 352 g/mol. The summed E-state index contributed by atoms with van der Waals surface area (Å²) in [7, 11) is 0. The molecule has 1 amide bonds. The summed E-state index contributed by atoms with van der Waals surface area (Å²) in [5.74, 6) is 1.20. The van der Waals surface area contributed by atoms with Gasteiger partial charge in [0.2, 0.25) is 0 Å². The van der Waals surface area contributed by atoms with Crippen LogP contribution >= 0.6 is 35.0 Å². The SMILES string of the molecule is Cc1ccc(C=C2SC(=Nc3ccc(Cl)cc3Cl)NC2=O)o1. The van der Waals surface area contributed by atoms with E-state index in [1.807, 2.05) is 13.0 Å². The number of amides is 1. The molecule has 1 aromatic carbocycles. The maximum atomic E-state index is 11.9. The molecule has 1 aliphatic rings. The summed E-state index contributed by atoms with van der Waals surface area (Å²) in [5.41, 5.74) is 0.545. The highest BCUT2D eigenvalue weighted by Gasteiger charge is 2.24. The Morgan fingerprint density at radius 2 is 2.09 bits per heavy atom. The Balaban J connectivity index is 1.85. The minimum atomic E-state index is -0.220. The number of rotatable bonds is 2. The Morgan fingerprint density at radius 3 is 2.77 bits per heavy atom. The molecule has 112 valence electrons. The van der Waals surface area contributed by atoms with Crippen molar-refractivity contribution in [2.45, 2.75) is 6.92 Å². The molecule has 1 N–H and O–H groups in total. The molecule has 3 rings (SSSR count). The van der Waals surface area contributed by atoms with Crippen LogP contribution in [0.25, 0.3) is 6.08 Å². The first kappa shape index (κ1) is 15.2. The fourth-order valence-electron chi connectivity index (χ4n) is 1.82. The number of aryl methyl sites for hydroxylation is 1. The van der Waals surface area contributed by atoms with Crippen LogP contribution in [0.5, 0.6) is 0 Å². The molecule has 0 bridgehead atoms. The first-order valence-corrected chi connectivity index (χ1v) is 7.89. The lowest BCUT2D eigenvalue weighted by atomic mass is 10.3. The summed E-state index contributed by atoms with van der Waals surface area (Å²) in [5, 5.41) is 4.11. The molecule has 0 saturated carbocycles. The van der Waals surface area contributed by atoms with E-state index < -0.39 is 0 Å². The normalized spacial score (nSPS) is 18.2. The van der Waals surface area contributed by atoms with Crippen LogP contribution in [0.3, 0.4) is 0 Å². The number of benzene rings is 1. The number of amidine groups is 1. The van der Waals surface area contributed by atoms with Gasteiger partial charge in [-0.25, -0.2) is 4.99 Å². The van der Waals surface area contributed by atoms with E-state index in [-0.39, 0.29) is 5.91 Å². The smallest absolute Gasteiger partial charge is 0.264 e. The highest BCUT2D eigenvalue weighted by atomic mass is 35.5. The van der Waals surface area contributed by atoms with Gasteiger partial charge in [0.05, 0.1) is 15.6 Å². The van der Waals surface area contributed by atoms with Gasteiger partial charge in [-0.05, 0) is 49.0 Å². The molecular weight excluding hydrogens is 343 g/mol. The predicted molar refractivity (Wildman–Crippen MR) is 90.7 cm³/mol. The summed E-state index contributed by atoms with van der Waals surface area (Å²) in [6, 6.07) is 8.64. The number of hydrogen-bond acceptors (Lipinski definition) is 4. The predicted octanol–water partition coefficient (Wildman–Crippen LogP) is 4.79. The standard InChI is InChI=1S/C15H10Cl2N2O2S/c1-8-2-4-10(21-8)7-13-14(20)19-15(22-13)18-12-5-3-9(16)6-11(12)17/h2-7H,1H3,(H,18,19,20). The third-order valence-electron chi connectivity index (χ3n) is 2.82. The third kappa shape index (κ3) is 3.38. The molecule has 0 unspecified atom stereocenters. The molecule has 1 aliphatic heterocycles. The van der Waals surface area contributed by atoms with E-state index in [0.717, 1.165) is 5.76 Å². The molecular formula is C15H10Cl2N2O2S. The van der Waals surface area contributed by atoms with Crippen molar-refractivity contribution in [3.63, 3.8) is 0 Å². The van der Waals surface area contributed by atoms with E-state index in [0.29, 0.717) is 31.6 Å². The summed E-state index contributed by atoms with van der Waals surface area (Å²) >= 11 is 13.1. The second kappa shape index (κ2) is 6.20. The van der Waals surface area contributed by atoms with Crippen LogP contribution in [-0.4, -0.2) is 11.1 Å². The van der Waals surface area contributed by atoms with Crippen molar-refractivity contribution in [1.29, 1.82) is 0 Å². The summed E-state index contributed by atoms with van der Waals surface area (Å²) in [6.07, 6.45) is 1.68. The van der Waals surface area contributed by atoms with E-state index in [2.05, 4.69) is 10.3 Å². The van der Waals surface area contributed by atoms with Gasteiger partial charge in [-0.1, -0.05) is 23.2 Å². The topological polar surface area (TPSA) is 54.6 Å². The Hall–Kier alpha value is -1.69. The summed E-state index contributed by atoms with van der Waals surface area (Å²) < 4.78 is 5.43. The number of nitrogens with one attached hydrogen (secondary N) is 1. The molecule has 1 saturated heterocycles. The average Bonchev–Trinajstić information content (AvgIpc) is 3.00. The highest BCUT2D eigenvalue weighted by Crippen LogP contribution is 2.32. The van der Waals surface area contributed by atoms with E-state index in [1.54, 1.807) is 30.3 Å². The maximum Gasteiger partial charge on any atom is 0.264 e. The van der Waals surface area contributed by atoms with Crippen molar-refractivity contribution >= 4 is 57.8 Å². The molecule has 4 nitrogen and oxygen atoms in total. The lowest BCUT2D eigenvalue weighted by Gasteiger charge is -1.99. The van der Waals surface area contributed by atoms with E-state index in [4.69, 9.17) is 27.6 Å². The quantitative estimate of drug-likeness (QED) is 0.790. The zero-order valence-corrected chi connectivity index (χ0v) is 13.7. The van der Waals surface area contributed by atoms with Crippen molar-refractivity contribution in [1.82, 2.24) is 5.32 Å². The van der Waals surface area contributed by atoms with Crippen LogP contribution in [0.15, 0.2) is 44.6 Å². The second-order valence-corrected chi connectivity index (χ2v) is 6.40. The van der Waals surface area contributed by atoms with Gasteiger partial charge in [-0.15, -0.1) is 0 Å². The lowest BCUT2D eigenvalue weighted by molar-refractivity contribution is -0.115. The Morgan fingerprint density at radius 1 is 1.27 bits per heavy atom. The Labute approximate surface area is 141 Å². The molecule has 22 heavy (non-hydrogen) atoms. The molecule has 1 aromatic heterocycles. The minimum absolute atomic E-state index is 0.220. The highest BCUT2D eigenvalue weighted by molar-refractivity contribution is 8.18. The molecule has 2 aromatic rings. The van der Waals surface area contributed by atoms with Crippen LogP contribution < -0.4 is 5.32 Å². The van der Waals surface area contributed by atoms with Gasteiger partial charge in [0.1, 0.15) is 11.5 Å². The lowest BCUT2D eigenvalue weighted by Crippen LogP contribution is -2.19. The number of thioether (sulfide) groups is 1. The van der Waals surface area contributed by atoms with E-state index >= 15 is 0 Å². The molecule has 7 heteroatoms. The zero-order chi connectivity index (χ0) is 15.7. The minimum Gasteiger partial charge on any atom is -0.462 e. The number of halogens is 2. The van der Waals surface area contributed by atoms with Gasteiger partial charge in [0, 0.05) is 11.1 Å². The van der Waals surface area contributed by atoms with E-state index in [1.165, 1.54) is 11.8 Å². The van der Waals surface area contributed by atoms with Crippen molar-refractivity contribution in [2.75, 3.05) is 0 Å². The Kier molecular flexibility index (Phi) is 4.29. The van der Waals surface area contributed by atoms with Crippen LogP contribution in [0, 0.1) is 6.92 Å². The van der Waals surface area contributed by atoms with Crippen molar-refractivity contribution in [3.8, 4) is 0 Å². The number of carbonyl (C=O) groups excluding carboxylic acids is 1. The molecule has 0 radical (unpaired) electrons. The molecule has 0 aliphatic carbocycles. The number of nitrogens with zero attached hydrogens (tertiary/aromatic N) is 1. The first-order valence-electron chi connectivity index (χ1n) is 6.32. The molecule has 1 fully saturated rings. The van der Waals surface area contributed by atoms with Crippen LogP contribution in [0.4, 0.5) is 5.69 Å². The van der Waals surface area contributed by atoms with E-state index in [9.17, 15) is 4.79 Å². The number of furan rings is 1. The summed E-state index contributed by atoms with van der Waals surface area (Å²) in [4.78, 5) is 16.8. The van der Waals surface area contributed by atoms with Gasteiger partial charge in [-0.3, -0.25) is 4.79 Å². The Bertz CT molecular complexity index is 812. The molecule has 2 heterocycles. The number of carbonyl (C=O) groups is 1. The number of hydrogen-bond donors (Lipinski definition) is 1. The first-order chi connectivity index (χ1) is 10.5. The van der Waals surface area contributed by atoms with Gasteiger partial charge >= 0.3 is 0 Å². The molecule has 0 spiro atoms. The second-order valence-electron chi connectivity index (χ2n) is 4.53. The fourth-order valence-corrected chi connectivity index (χ4v) is 3.09. The molecule has 0 atom stereocenters. The van der Waals surface area contributed by atoms with Crippen LogP contribution in [-0.2, 0) is 4.79 Å². The zero-order valence-electron chi connectivity index (χ0n) is 11.4. The van der Waals surface area contributed by atoms with Gasteiger partial charge in [0.25, 0.3) is 5.91 Å². The van der Waals surface area contributed by atoms with Gasteiger partial charge in [-0.2, -0.15) is 0 Å².